The van der Waals surface area contributed by atoms with Crippen molar-refractivity contribution in [1.82, 2.24) is 4.90 Å². The predicted octanol–water partition coefficient (Wildman–Crippen LogP) is 3.03. The normalized spacial score (nSPS) is 18.8. The van der Waals surface area contributed by atoms with Gasteiger partial charge >= 0.3 is 6.03 Å². The summed E-state index contributed by atoms with van der Waals surface area (Å²) in [4.78, 5) is 14.2. The molecule has 0 radical (unpaired) electrons. The summed E-state index contributed by atoms with van der Waals surface area (Å²) in [6.45, 7) is 3.01. The first-order valence-electron chi connectivity index (χ1n) is 8.04. The Morgan fingerprint density at radius 3 is 2.92 bits per heavy atom. The molecule has 24 heavy (non-hydrogen) atoms. The van der Waals surface area contributed by atoms with Crippen molar-refractivity contribution >= 4 is 32.5 Å². The average Bonchev–Trinajstić information content (AvgIpc) is 2.85. The molecule has 7 heteroatoms. The second-order valence-electron chi connectivity index (χ2n) is 6.59. The van der Waals surface area contributed by atoms with Crippen LogP contribution in [-0.2, 0) is 9.84 Å². The van der Waals surface area contributed by atoms with Crippen LogP contribution < -0.4 is 5.32 Å². The van der Waals surface area contributed by atoms with Crippen molar-refractivity contribution < 1.29 is 17.6 Å². The lowest BCUT2D eigenvalue weighted by Crippen LogP contribution is -2.43. The first-order valence-corrected chi connectivity index (χ1v) is 10.1. The van der Waals surface area contributed by atoms with Crippen molar-refractivity contribution in [2.45, 2.75) is 19.8 Å². The summed E-state index contributed by atoms with van der Waals surface area (Å²) in [6.07, 6.45) is 2.92. The summed E-state index contributed by atoms with van der Waals surface area (Å²) in [5.74, 6) is 0.975. The van der Waals surface area contributed by atoms with Gasteiger partial charge in [-0.05, 0) is 49.9 Å². The molecular weight excluding hydrogens is 328 g/mol. The standard InChI is InChI=1S/C17H22N2O4S/c1-12-8-14-9-15(5-6-16(14)23-12)18-17(20)19-7-3-4-13(10-19)11-24(2,21)22/h5-6,8-9,13H,3-4,7,10-11H2,1-2H3,(H,18,20)/t13-/m1/s1. The highest BCUT2D eigenvalue weighted by molar-refractivity contribution is 7.90. The molecule has 2 heterocycles. The van der Waals surface area contributed by atoms with E-state index in [2.05, 4.69) is 5.32 Å². The molecule has 1 N–H and O–H groups in total. The van der Waals surface area contributed by atoms with Gasteiger partial charge in [0, 0.05) is 30.4 Å². The molecule has 1 atom stereocenters. The minimum absolute atomic E-state index is 0.0125. The number of anilines is 1. The van der Waals surface area contributed by atoms with Crippen LogP contribution in [0.3, 0.4) is 0 Å². The molecule has 0 aliphatic carbocycles. The third-order valence-electron chi connectivity index (χ3n) is 4.24. The number of nitrogens with one attached hydrogen (secondary N) is 1. The molecule has 1 aromatic heterocycles. The molecule has 2 amide bonds. The first-order chi connectivity index (χ1) is 11.3. The van der Waals surface area contributed by atoms with Gasteiger partial charge < -0.3 is 14.6 Å². The van der Waals surface area contributed by atoms with Crippen molar-refractivity contribution in [3.8, 4) is 0 Å². The quantitative estimate of drug-likeness (QED) is 0.923. The summed E-state index contributed by atoms with van der Waals surface area (Å²) in [5.41, 5.74) is 1.50. The van der Waals surface area contributed by atoms with Crippen molar-refractivity contribution in [2.24, 2.45) is 5.92 Å². The number of likely N-dealkylation sites (tertiary alicyclic amines) is 1. The fraction of sp³-hybridized carbons (Fsp3) is 0.471. The number of nitrogens with zero attached hydrogens (tertiary/aromatic N) is 1. The van der Waals surface area contributed by atoms with E-state index < -0.39 is 9.84 Å². The largest absolute Gasteiger partial charge is 0.461 e. The van der Waals surface area contributed by atoms with Gasteiger partial charge in [-0.2, -0.15) is 0 Å². The van der Waals surface area contributed by atoms with E-state index in [-0.39, 0.29) is 17.7 Å². The Morgan fingerprint density at radius 2 is 2.17 bits per heavy atom. The fourth-order valence-corrected chi connectivity index (χ4v) is 4.40. The average molecular weight is 350 g/mol. The summed E-state index contributed by atoms with van der Waals surface area (Å²) in [6, 6.07) is 7.25. The van der Waals surface area contributed by atoms with Gasteiger partial charge in [-0.3, -0.25) is 0 Å². The SMILES string of the molecule is Cc1cc2cc(NC(=O)N3CCC[C@@H](CS(C)(=O)=O)C3)ccc2o1. The Bertz CT molecular complexity index is 857. The number of carbonyl (C=O) groups excluding carboxylic acids is 1. The van der Waals surface area contributed by atoms with Crippen molar-refractivity contribution in [3.05, 3.63) is 30.0 Å². The molecule has 1 aromatic carbocycles. The van der Waals surface area contributed by atoms with Crippen molar-refractivity contribution in [3.63, 3.8) is 0 Å². The molecule has 1 aliphatic heterocycles. The fourth-order valence-electron chi connectivity index (χ4n) is 3.27. The van der Waals surface area contributed by atoms with E-state index in [1.807, 2.05) is 25.1 Å². The number of urea groups is 1. The number of piperidine rings is 1. The molecule has 3 rings (SSSR count). The molecule has 0 spiro atoms. The number of carbonyl (C=O) groups is 1. The molecule has 1 saturated heterocycles. The second-order valence-corrected chi connectivity index (χ2v) is 8.77. The molecule has 1 aliphatic rings. The lowest BCUT2D eigenvalue weighted by atomic mass is 10.0. The Labute approximate surface area is 141 Å². The Balaban J connectivity index is 1.66. The number of furan rings is 1. The second kappa shape index (κ2) is 6.47. The van der Waals surface area contributed by atoms with Crippen LogP contribution in [0.1, 0.15) is 18.6 Å². The van der Waals surface area contributed by atoms with Crippen LogP contribution in [0.4, 0.5) is 10.5 Å². The number of aryl methyl sites for hydroxylation is 1. The van der Waals surface area contributed by atoms with Crippen LogP contribution in [0.5, 0.6) is 0 Å². The number of hydrogen-bond acceptors (Lipinski definition) is 4. The third-order valence-corrected chi connectivity index (χ3v) is 5.31. The van der Waals surface area contributed by atoms with E-state index in [1.54, 1.807) is 11.0 Å². The van der Waals surface area contributed by atoms with E-state index in [0.717, 1.165) is 29.6 Å². The summed E-state index contributed by atoms with van der Waals surface area (Å²) in [7, 11) is -3.02. The highest BCUT2D eigenvalue weighted by atomic mass is 32.2. The lowest BCUT2D eigenvalue weighted by Gasteiger charge is -2.32. The number of rotatable bonds is 3. The summed E-state index contributed by atoms with van der Waals surface area (Å²) >= 11 is 0. The minimum Gasteiger partial charge on any atom is -0.461 e. The van der Waals surface area contributed by atoms with Gasteiger partial charge in [0.2, 0.25) is 0 Å². The monoisotopic (exact) mass is 350 g/mol. The molecular formula is C17H22N2O4S. The maximum atomic E-state index is 12.5. The van der Waals surface area contributed by atoms with E-state index in [1.165, 1.54) is 6.26 Å². The highest BCUT2D eigenvalue weighted by Crippen LogP contribution is 2.24. The van der Waals surface area contributed by atoms with E-state index >= 15 is 0 Å². The number of fused-ring (bicyclic) bond motifs is 1. The van der Waals surface area contributed by atoms with Crippen LogP contribution in [-0.4, -0.2) is 44.4 Å². The van der Waals surface area contributed by atoms with Crippen LogP contribution in [0.25, 0.3) is 11.0 Å². The Morgan fingerprint density at radius 1 is 1.38 bits per heavy atom. The van der Waals surface area contributed by atoms with Crippen LogP contribution in [0.15, 0.2) is 28.7 Å². The van der Waals surface area contributed by atoms with Gasteiger partial charge in [-0.25, -0.2) is 13.2 Å². The maximum Gasteiger partial charge on any atom is 0.321 e. The van der Waals surface area contributed by atoms with Gasteiger partial charge in [0.05, 0.1) is 5.75 Å². The molecule has 2 aromatic rings. The van der Waals surface area contributed by atoms with Crippen LogP contribution in [0.2, 0.25) is 0 Å². The number of sulfone groups is 1. The van der Waals surface area contributed by atoms with Gasteiger partial charge in [-0.15, -0.1) is 0 Å². The highest BCUT2D eigenvalue weighted by Gasteiger charge is 2.26. The zero-order chi connectivity index (χ0) is 17.3. The number of hydrogen-bond donors (Lipinski definition) is 1. The Kier molecular flexibility index (Phi) is 4.54. The van der Waals surface area contributed by atoms with Gasteiger partial charge in [0.1, 0.15) is 21.2 Å². The van der Waals surface area contributed by atoms with E-state index in [0.29, 0.717) is 18.8 Å². The molecule has 0 bridgehead atoms. The van der Waals surface area contributed by atoms with Gasteiger partial charge in [0.25, 0.3) is 0 Å². The predicted molar refractivity (Wildman–Crippen MR) is 94.0 cm³/mol. The zero-order valence-electron chi connectivity index (χ0n) is 13.9. The Hall–Kier alpha value is -2.02. The molecule has 0 saturated carbocycles. The van der Waals surface area contributed by atoms with Crippen molar-refractivity contribution in [2.75, 3.05) is 30.4 Å². The minimum atomic E-state index is -3.02. The third kappa shape index (κ3) is 4.08. The molecule has 0 unspecified atom stereocenters. The molecule has 6 nitrogen and oxygen atoms in total. The van der Waals surface area contributed by atoms with Crippen molar-refractivity contribution in [1.29, 1.82) is 0 Å². The molecule has 1 fully saturated rings. The van der Waals surface area contributed by atoms with Crippen LogP contribution >= 0.6 is 0 Å². The summed E-state index contributed by atoms with van der Waals surface area (Å²) in [5, 5.41) is 3.84. The van der Waals surface area contributed by atoms with E-state index in [4.69, 9.17) is 4.42 Å². The summed E-state index contributed by atoms with van der Waals surface area (Å²) < 4.78 is 28.5. The molecule has 130 valence electrons. The number of benzene rings is 1. The van der Waals surface area contributed by atoms with E-state index in [9.17, 15) is 13.2 Å². The maximum absolute atomic E-state index is 12.5. The smallest absolute Gasteiger partial charge is 0.321 e. The lowest BCUT2D eigenvalue weighted by molar-refractivity contribution is 0.183. The van der Waals surface area contributed by atoms with Gasteiger partial charge in [0.15, 0.2) is 0 Å². The number of amides is 2. The first kappa shape index (κ1) is 16.8. The topological polar surface area (TPSA) is 79.6 Å². The van der Waals surface area contributed by atoms with Gasteiger partial charge in [-0.1, -0.05) is 0 Å². The van der Waals surface area contributed by atoms with Crippen LogP contribution in [0, 0.1) is 12.8 Å². The zero-order valence-corrected chi connectivity index (χ0v) is 14.7.